The van der Waals surface area contributed by atoms with Crippen LogP contribution in [-0.4, -0.2) is 17.8 Å². The van der Waals surface area contributed by atoms with Crippen molar-refractivity contribution in [2.75, 3.05) is 5.32 Å². The van der Waals surface area contributed by atoms with Gasteiger partial charge >= 0.3 is 6.03 Å². The average Bonchev–Trinajstić information content (AvgIpc) is 2.49. The molecule has 4 N–H and O–H groups in total. The number of anilines is 1. The first-order valence-electron chi connectivity index (χ1n) is 3.96. The Morgan fingerprint density at radius 1 is 1.40 bits per heavy atom. The number of urea groups is 1. The van der Waals surface area contributed by atoms with Crippen LogP contribution in [0.2, 0.25) is 0 Å². The topological polar surface area (TPSA) is 101 Å². The third-order valence-electron chi connectivity index (χ3n) is 1.44. The molecule has 0 unspecified atom stereocenters. The fraction of sp³-hybridized carbons (Fsp3) is 0.125. The van der Waals surface area contributed by atoms with Crippen LogP contribution in [0.3, 0.4) is 0 Å². The molecule has 0 saturated heterocycles. The SMILES string of the molecule is CC(=O)Nc1sccc1C(=O)NC(N)=O. The molecule has 0 bridgehead atoms. The summed E-state index contributed by atoms with van der Waals surface area (Å²) in [6.45, 7) is 1.33. The standard InChI is InChI=1S/C8H9N3O3S/c1-4(12)10-7-5(2-3-15-7)6(13)11-8(9)14/h2-3H,1H3,(H,10,12)(H3,9,11,13,14). The second-order valence-electron chi connectivity index (χ2n) is 2.66. The molecule has 0 aliphatic rings. The van der Waals surface area contributed by atoms with Crippen molar-refractivity contribution in [1.82, 2.24) is 5.32 Å². The van der Waals surface area contributed by atoms with E-state index in [4.69, 9.17) is 5.73 Å². The molecule has 1 aromatic heterocycles. The number of nitrogens with two attached hydrogens (primary N) is 1. The van der Waals surface area contributed by atoms with Crippen molar-refractivity contribution in [2.24, 2.45) is 5.73 Å². The number of primary amides is 1. The molecule has 4 amide bonds. The number of carbonyl (C=O) groups excluding carboxylic acids is 3. The Kier molecular flexibility index (Phi) is 3.40. The molecule has 0 radical (unpaired) electrons. The maximum absolute atomic E-state index is 11.4. The van der Waals surface area contributed by atoms with Crippen molar-refractivity contribution in [3.63, 3.8) is 0 Å². The highest BCUT2D eigenvalue weighted by molar-refractivity contribution is 7.14. The zero-order valence-corrected chi connectivity index (χ0v) is 8.68. The third kappa shape index (κ3) is 3.06. The van der Waals surface area contributed by atoms with Gasteiger partial charge in [-0.15, -0.1) is 11.3 Å². The Hall–Kier alpha value is -1.89. The van der Waals surface area contributed by atoms with E-state index in [1.54, 1.807) is 5.38 Å². The number of hydrogen-bond donors (Lipinski definition) is 3. The van der Waals surface area contributed by atoms with Gasteiger partial charge in [0.25, 0.3) is 5.91 Å². The molecule has 0 atom stereocenters. The molecule has 7 heteroatoms. The van der Waals surface area contributed by atoms with Gasteiger partial charge in [-0.3, -0.25) is 14.9 Å². The summed E-state index contributed by atoms with van der Waals surface area (Å²) in [5.41, 5.74) is 5.01. The maximum Gasteiger partial charge on any atom is 0.319 e. The van der Waals surface area contributed by atoms with Crippen LogP contribution in [0.5, 0.6) is 0 Å². The molecule has 0 saturated carbocycles. The highest BCUT2D eigenvalue weighted by atomic mass is 32.1. The quantitative estimate of drug-likeness (QED) is 0.686. The Bertz CT molecular complexity index is 413. The van der Waals surface area contributed by atoms with Crippen LogP contribution in [-0.2, 0) is 4.79 Å². The van der Waals surface area contributed by atoms with Crippen LogP contribution >= 0.6 is 11.3 Å². The zero-order chi connectivity index (χ0) is 11.4. The lowest BCUT2D eigenvalue weighted by molar-refractivity contribution is -0.114. The van der Waals surface area contributed by atoms with E-state index < -0.39 is 11.9 Å². The van der Waals surface area contributed by atoms with Gasteiger partial charge in [-0.25, -0.2) is 4.79 Å². The van der Waals surface area contributed by atoms with Gasteiger partial charge in [0.05, 0.1) is 5.56 Å². The van der Waals surface area contributed by atoms with Gasteiger partial charge < -0.3 is 11.1 Å². The number of amides is 4. The molecule has 1 aromatic rings. The van der Waals surface area contributed by atoms with Crippen molar-refractivity contribution in [1.29, 1.82) is 0 Å². The summed E-state index contributed by atoms with van der Waals surface area (Å²) in [5, 5.41) is 6.40. The molecular formula is C8H9N3O3S. The summed E-state index contributed by atoms with van der Waals surface area (Å²) in [5.74, 6) is -0.918. The number of thiophene rings is 1. The van der Waals surface area contributed by atoms with Crippen LogP contribution < -0.4 is 16.4 Å². The molecule has 1 heterocycles. The van der Waals surface area contributed by atoms with Gasteiger partial charge in [-0.2, -0.15) is 0 Å². The fourth-order valence-electron chi connectivity index (χ4n) is 0.924. The van der Waals surface area contributed by atoms with E-state index in [1.165, 1.54) is 24.3 Å². The molecule has 0 aromatic carbocycles. The highest BCUT2D eigenvalue weighted by Gasteiger charge is 2.14. The molecule has 1 rings (SSSR count). The fourth-order valence-corrected chi connectivity index (χ4v) is 1.75. The molecule has 0 aliphatic carbocycles. The molecule has 0 aliphatic heterocycles. The van der Waals surface area contributed by atoms with Gasteiger partial charge in [0, 0.05) is 6.92 Å². The van der Waals surface area contributed by atoms with Crippen molar-refractivity contribution >= 4 is 34.2 Å². The predicted molar refractivity (Wildman–Crippen MR) is 55.7 cm³/mol. The predicted octanol–water partition coefficient (Wildman–Crippen LogP) is 0.515. The number of imide groups is 1. The van der Waals surface area contributed by atoms with E-state index in [1.807, 2.05) is 5.32 Å². The van der Waals surface area contributed by atoms with Gasteiger partial charge in [0.15, 0.2) is 0 Å². The van der Waals surface area contributed by atoms with Gasteiger partial charge in [0.1, 0.15) is 5.00 Å². The first kappa shape index (κ1) is 11.2. The number of hydrogen-bond acceptors (Lipinski definition) is 4. The summed E-state index contributed by atoms with van der Waals surface area (Å²) >= 11 is 1.19. The van der Waals surface area contributed by atoms with Gasteiger partial charge in [0.2, 0.25) is 5.91 Å². The Morgan fingerprint density at radius 2 is 2.07 bits per heavy atom. The second kappa shape index (κ2) is 4.56. The van der Waals surface area contributed by atoms with Crippen molar-refractivity contribution in [2.45, 2.75) is 6.92 Å². The van der Waals surface area contributed by atoms with E-state index in [2.05, 4.69) is 5.32 Å². The summed E-state index contributed by atoms with van der Waals surface area (Å²) < 4.78 is 0. The summed E-state index contributed by atoms with van der Waals surface area (Å²) in [6.07, 6.45) is 0. The van der Waals surface area contributed by atoms with Crippen LogP contribution in [0, 0.1) is 0 Å². The van der Waals surface area contributed by atoms with E-state index >= 15 is 0 Å². The summed E-state index contributed by atoms with van der Waals surface area (Å²) in [4.78, 5) is 32.6. The Balaban J connectivity index is 2.84. The number of carbonyl (C=O) groups is 3. The molecule has 6 nitrogen and oxygen atoms in total. The molecule has 80 valence electrons. The maximum atomic E-state index is 11.4. The van der Waals surface area contributed by atoms with Crippen molar-refractivity contribution in [3.8, 4) is 0 Å². The highest BCUT2D eigenvalue weighted by Crippen LogP contribution is 2.22. The Morgan fingerprint density at radius 3 is 2.60 bits per heavy atom. The van der Waals surface area contributed by atoms with Crippen LogP contribution in [0.15, 0.2) is 11.4 Å². The van der Waals surface area contributed by atoms with E-state index in [9.17, 15) is 14.4 Å². The van der Waals surface area contributed by atoms with E-state index in [0.717, 1.165) is 0 Å². The zero-order valence-electron chi connectivity index (χ0n) is 7.87. The molecule has 0 spiro atoms. The average molecular weight is 227 g/mol. The van der Waals surface area contributed by atoms with Gasteiger partial charge in [-0.1, -0.05) is 0 Å². The lowest BCUT2D eigenvalue weighted by atomic mass is 10.3. The summed E-state index contributed by atoms with van der Waals surface area (Å²) in [6, 6.07) is 0.564. The Labute approximate surface area is 89.5 Å². The summed E-state index contributed by atoms with van der Waals surface area (Å²) in [7, 11) is 0. The van der Waals surface area contributed by atoms with Gasteiger partial charge in [-0.05, 0) is 11.4 Å². The second-order valence-corrected chi connectivity index (χ2v) is 3.58. The van der Waals surface area contributed by atoms with Crippen molar-refractivity contribution in [3.05, 3.63) is 17.0 Å². The van der Waals surface area contributed by atoms with Crippen molar-refractivity contribution < 1.29 is 14.4 Å². The van der Waals surface area contributed by atoms with E-state index in [0.29, 0.717) is 5.00 Å². The minimum atomic E-state index is -0.931. The van der Waals surface area contributed by atoms with Crippen LogP contribution in [0.25, 0.3) is 0 Å². The lowest BCUT2D eigenvalue weighted by Gasteiger charge is -2.02. The minimum absolute atomic E-state index is 0.217. The first-order chi connectivity index (χ1) is 7.00. The normalized spacial score (nSPS) is 9.40. The van der Waals surface area contributed by atoms with Crippen LogP contribution in [0.4, 0.5) is 9.80 Å². The molecular weight excluding hydrogens is 218 g/mol. The smallest absolute Gasteiger partial charge is 0.319 e. The lowest BCUT2D eigenvalue weighted by Crippen LogP contribution is -2.35. The van der Waals surface area contributed by atoms with E-state index in [-0.39, 0.29) is 11.5 Å². The number of nitrogens with one attached hydrogen (secondary N) is 2. The minimum Gasteiger partial charge on any atom is -0.351 e. The largest absolute Gasteiger partial charge is 0.351 e. The van der Waals surface area contributed by atoms with Crippen LogP contribution in [0.1, 0.15) is 17.3 Å². The third-order valence-corrected chi connectivity index (χ3v) is 2.27. The monoisotopic (exact) mass is 227 g/mol. The molecule has 15 heavy (non-hydrogen) atoms. The molecule has 0 fully saturated rings. The first-order valence-corrected chi connectivity index (χ1v) is 4.84. The number of rotatable bonds is 2.